The van der Waals surface area contributed by atoms with E-state index < -0.39 is 5.13 Å². The van der Waals surface area contributed by atoms with Crippen LogP contribution < -0.4 is 5.73 Å². The SMILES string of the molecule is Nc1ccc2sc(F)c(O)c2c1. The van der Waals surface area contributed by atoms with Gasteiger partial charge in [-0.15, -0.1) is 11.3 Å². The van der Waals surface area contributed by atoms with Crippen LogP contribution in [-0.2, 0) is 0 Å². The predicted octanol–water partition coefficient (Wildman–Crippen LogP) is 2.33. The average Bonchev–Trinajstić information content (AvgIpc) is 2.31. The monoisotopic (exact) mass is 183 g/mol. The van der Waals surface area contributed by atoms with Crippen molar-refractivity contribution < 1.29 is 9.50 Å². The van der Waals surface area contributed by atoms with E-state index in [0.29, 0.717) is 15.8 Å². The lowest BCUT2D eigenvalue weighted by Crippen LogP contribution is -1.81. The Morgan fingerprint density at radius 2 is 2.17 bits per heavy atom. The minimum absolute atomic E-state index is 0.303. The molecule has 0 atom stereocenters. The number of benzene rings is 1. The number of hydrogen-bond acceptors (Lipinski definition) is 3. The van der Waals surface area contributed by atoms with Crippen molar-refractivity contribution in [1.29, 1.82) is 0 Å². The number of halogens is 1. The van der Waals surface area contributed by atoms with Gasteiger partial charge in [-0.05, 0) is 18.2 Å². The molecule has 0 radical (unpaired) electrons. The Bertz CT molecular complexity index is 438. The van der Waals surface area contributed by atoms with E-state index >= 15 is 0 Å². The summed E-state index contributed by atoms with van der Waals surface area (Å²) in [6, 6.07) is 4.93. The van der Waals surface area contributed by atoms with Crippen molar-refractivity contribution in [3.05, 3.63) is 23.3 Å². The highest BCUT2D eigenvalue weighted by Gasteiger charge is 2.09. The maximum absolute atomic E-state index is 12.8. The molecule has 0 aliphatic heterocycles. The fourth-order valence-corrected chi connectivity index (χ4v) is 1.87. The summed E-state index contributed by atoms with van der Waals surface area (Å²) in [5, 5.41) is 9.13. The maximum Gasteiger partial charge on any atom is 0.219 e. The molecule has 0 bridgehead atoms. The van der Waals surface area contributed by atoms with Crippen LogP contribution in [0.25, 0.3) is 10.1 Å². The van der Waals surface area contributed by atoms with Crippen molar-refractivity contribution in [3.8, 4) is 5.75 Å². The standard InChI is InChI=1S/C8H6FNOS/c9-8-7(11)5-3-4(10)1-2-6(5)12-8/h1-3,11H,10H2. The molecule has 0 amide bonds. The van der Waals surface area contributed by atoms with E-state index in [2.05, 4.69) is 0 Å². The highest BCUT2D eigenvalue weighted by Crippen LogP contribution is 2.35. The second kappa shape index (κ2) is 2.35. The van der Waals surface area contributed by atoms with Crippen LogP contribution in [0.3, 0.4) is 0 Å². The van der Waals surface area contributed by atoms with Crippen LogP contribution >= 0.6 is 11.3 Å². The fraction of sp³-hybridized carbons (Fsp3) is 0. The Hall–Kier alpha value is -1.29. The number of fused-ring (bicyclic) bond motifs is 1. The van der Waals surface area contributed by atoms with Crippen molar-refractivity contribution in [2.24, 2.45) is 0 Å². The summed E-state index contributed by atoms with van der Waals surface area (Å²) >= 11 is 0.915. The Balaban J connectivity index is 2.88. The normalized spacial score (nSPS) is 10.8. The van der Waals surface area contributed by atoms with Crippen molar-refractivity contribution in [2.75, 3.05) is 5.73 Å². The lowest BCUT2D eigenvalue weighted by Gasteiger charge is -1.92. The molecule has 0 spiro atoms. The zero-order valence-corrected chi connectivity index (χ0v) is 6.86. The number of thiophene rings is 1. The maximum atomic E-state index is 12.8. The molecular formula is C8H6FNOS. The number of anilines is 1. The largest absolute Gasteiger partial charge is 0.504 e. The molecular weight excluding hydrogens is 177 g/mol. The first-order valence-corrected chi connectivity index (χ1v) is 4.16. The zero-order chi connectivity index (χ0) is 8.72. The van der Waals surface area contributed by atoms with Gasteiger partial charge in [0, 0.05) is 15.8 Å². The van der Waals surface area contributed by atoms with Gasteiger partial charge in [0.25, 0.3) is 0 Å². The van der Waals surface area contributed by atoms with Crippen LogP contribution in [0.1, 0.15) is 0 Å². The van der Waals surface area contributed by atoms with Gasteiger partial charge in [-0.3, -0.25) is 0 Å². The van der Waals surface area contributed by atoms with Gasteiger partial charge in [0.05, 0.1) is 0 Å². The topological polar surface area (TPSA) is 46.2 Å². The Morgan fingerprint density at radius 1 is 1.42 bits per heavy atom. The van der Waals surface area contributed by atoms with Crippen molar-refractivity contribution in [2.45, 2.75) is 0 Å². The van der Waals surface area contributed by atoms with Gasteiger partial charge in [0.15, 0.2) is 5.75 Å². The molecule has 2 rings (SSSR count). The van der Waals surface area contributed by atoms with Gasteiger partial charge < -0.3 is 10.8 Å². The molecule has 1 aromatic heterocycles. The number of nitrogens with two attached hydrogens (primary N) is 1. The first-order chi connectivity index (χ1) is 5.68. The first kappa shape index (κ1) is 7.36. The molecule has 2 aromatic rings. The zero-order valence-electron chi connectivity index (χ0n) is 6.04. The molecule has 1 heterocycles. The molecule has 0 fully saturated rings. The number of nitrogen functional groups attached to an aromatic ring is 1. The van der Waals surface area contributed by atoms with Gasteiger partial charge in [0.1, 0.15) is 0 Å². The Kier molecular flexibility index (Phi) is 1.44. The molecule has 3 N–H and O–H groups in total. The van der Waals surface area contributed by atoms with E-state index in [1.54, 1.807) is 18.2 Å². The highest BCUT2D eigenvalue weighted by molar-refractivity contribution is 7.17. The lowest BCUT2D eigenvalue weighted by molar-refractivity contribution is 0.448. The van der Waals surface area contributed by atoms with Crippen molar-refractivity contribution >= 4 is 27.1 Å². The minimum atomic E-state index is -0.560. The van der Waals surface area contributed by atoms with Gasteiger partial charge in [-0.1, -0.05) is 0 Å². The summed E-state index contributed by atoms with van der Waals surface area (Å²) in [4.78, 5) is 0. The molecule has 0 aliphatic carbocycles. The Labute approximate surface area is 72.1 Å². The first-order valence-electron chi connectivity index (χ1n) is 3.35. The average molecular weight is 183 g/mol. The van der Waals surface area contributed by atoms with Crippen LogP contribution in [0.2, 0.25) is 0 Å². The van der Waals surface area contributed by atoms with E-state index in [1.807, 2.05) is 0 Å². The summed E-state index contributed by atoms with van der Waals surface area (Å²) in [5.74, 6) is -0.303. The van der Waals surface area contributed by atoms with Gasteiger partial charge in [-0.25, -0.2) is 0 Å². The van der Waals surface area contributed by atoms with Crippen LogP contribution in [0.15, 0.2) is 18.2 Å². The van der Waals surface area contributed by atoms with Gasteiger partial charge >= 0.3 is 0 Å². The molecule has 1 aromatic carbocycles. The molecule has 12 heavy (non-hydrogen) atoms. The van der Waals surface area contributed by atoms with Crippen LogP contribution in [0.5, 0.6) is 5.75 Å². The van der Waals surface area contributed by atoms with E-state index in [4.69, 9.17) is 5.73 Å². The molecule has 2 nitrogen and oxygen atoms in total. The quantitative estimate of drug-likeness (QED) is 0.616. The minimum Gasteiger partial charge on any atom is -0.504 e. The van der Waals surface area contributed by atoms with E-state index in [0.717, 1.165) is 11.3 Å². The summed E-state index contributed by atoms with van der Waals surface area (Å²) in [7, 11) is 0. The smallest absolute Gasteiger partial charge is 0.219 e. The van der Waals surface area contributed by atoms with E-state index in [-0.39, 0.29) is 5.75 Å². The number of aromatic hydroxyl groups is 1. The molecule has 0 saturated heterocycles. The predicted molar refractivity (Wildman–Crippen MR) is 47.9 cm³/mol. The van der Waals surface area contributed by atoms with E-state index in [1.165, 1.54) is 0 Å². The lowest BCUT2D eigenvalue weighted by atomic mass is 10.2. The molecule has 0 saturated carbocycles. The van der Waals surface area contributed by atoms with Crippen LogP contribution in [0.4, 0.5) is 10.1 Å². The van der Waals surface area contributed by atoms with Crippen LogP contribution in [0, 0.1) is 5.13 Å². The third kappa shape index (κ3) is 0.921. The third-order valence-corrected chi connectivity index (χ3v) is 2.59. The fourth-order valence-electron chi connectivity index (χ4n) is 1.07. The molecule has 4 heteroatoms. The van der Waals surface area contributed by atoms with Crippen molar-refractivity contribution in [3.63, 3.8) is 0 Å². The number of hydrogen-bond donors (Lipinski definition) is 2. The van der Waals surface area contributed by atoms with E-state index in [9.17, 15) is 9.50 Å². The Morgan fingerprint density at radius 3 is 2.92 bits per heavy atom. The van der Waals surface area contributed by atoms with Crippen molar-refractivity contribution in [1.82, 2.24) is 0 Å². The second-order valence-electron chi connectivity index (χ2n) is 2.48. The summed E-state index contributed by atoms with van der Waals surface area (Å²) in [6.45, 7) is 0. The number of rotatable bonds is 0. The third-order valence-electron chi connectivity index (χ3n) is 1.64. The van der Waals surface area contributed by atoms with Gasteiger partial charge in [0.2, 0.25) is 5.13 Å². The van der Waals surface area contributed by atoms with Crippen LogP contribution in [-0.4, -0.2) is 5.11 Å². The molecule has 62 valence electrons. The highest BCUT2D eigenvalue weighted by atomic mass is 32.1. The van der Waals surface area contributed by atoms with Gasteiger partial charge in [-0.2, -0.15) is 4.39 Å². The second-order valence-corrected chi connectivity index (χ2v) is 3.48. The molecule has 0 unspecified atom stereocenters. The summed E-state index contributed by atoms with van der Waals surface area (Å²) < 4.78 is 13.5. The summed E-state index contributed by atoms with van der Waals surface area (Å²) in [5.41, 5.74) is 6.00. The summed E-state index contributed by atoms with van der Waals surface area (Å²) in [6.07, 6.45) is 0. The molecule has 0 aliphatic rings.